The molecule has 1 aliphatic rings. The second-order valence-electron chi connectivity index (χ2n) is 6.81. The fourth-order valence-corrected chi connectivity index (χ4v) is 3.38. The summed E-state index contributed by atoms with van der Waals surface area (Å²) in [4.78, 5) is 12.4. The van der Waals surface area contributed by atoms with Crippen LogP contribution in [0.1, 0.15) is 47.4 Å². The molecule has 1 heterocycles. The molecule has 1 N–H and O–H groups in total. The van der Waals surface area contributed by atoms with Crippen molar-refractivity contribution in [3.05, 3.63) is 46.5 Å². The maximum atomic E-state index is 13.9. The lowest BCUT2D eigenvalue weighted by atomic mass is 9.86. The quantitative estimate of drug-likeness (QED) is 0.826. The van der Waals surface area contributed by atoms with E-state index >= 15 is 0 Å². The zero-order chi connectivity index (χ0) is 18.6. The van der Waals surface area contributed by atoms with Gasteiger partial charge in [0.2, 0.25) is 5.95 Å². The molecule has 1 aromatic heterocycles. The molecule has 0 spiro atoms. The molecule has 0 saturated heterocycles. The summed E-state index contributed by atoms with van der Waals surface area (Å²) >= 11 is 0. The number of aryl methyl sites for hydroxylation is 1. The number of aromatic nitrogens is 2. The highest BCUT2D eigenvalue weighted by molar-refractivity contribution is 6.05. The normalized spacial score (nSPS) is 16.0. The van der Waals surface area contributed by atoms with Gasteiger partial charge in [0.25, 0.3) is 5.91 Å². The van der Waals surface area contributed by atoms with Crippen LogP contribution in [0.15, 0.2) is 18.2 Å². The minimum Gasteiger partial charge on any atom is -0.322 e. The van der Waals surface area contributed by atoms with Gasteiger partial charge < -0.3 is 5.32 Å². The van der Waals surface area contributed by atoms with E-state index in [2.05, 4.69) is 24.3 Å². The number of nitrogens with one attached hydrogen (secondary N) is 1. The Kier molecular flexibility index (Phi) is 3.89. The molecule has 1 aromatic carbocycles. The molecule has 25 heavy (non-hydrogen) atoms. The van der Waals surface area contributed by atoms with Crippen molar-refractivity contribution in [3.63, 3.8) is 0 Å². The first kappa shape index (κ1) is 17.4. The standard InChI is InChI=1S/C17H17F4N3O/c1-16(2)8-7-9-10(16)5-4-6-11(9)22-15(25)12-13(17(19,20)21)24(3)23-14(12)18/h4-6H,7-8H2,1-3H3,(H,22,25). The molecule has 0 saturated carbocycles. The first-order chi connectivity index (χ1) is 11.5. The third-order valence-electron chi connectivity index (χ3n) is 4.65. The van der Waals surface area contributed by atoms with Gasteiger partial charge in [0.05, 0.1) is 0 Å². The molecule has 2 aromatic rings. The molecule has 0 bridgehead atoms. The Balaban J connectivity index is 2.00. The van der Waals surface area contributed by atoms with Gasteiger partial charge in [-0.2, -0.15) is 17.6 Å². The average Bonchev–Trinajstić information content (AvgIpc) is 2.96. The Morgan fingerprint density at radius 2 is 2.00 bits per heavy atom. The summed E-state index contributed by atoms with van der Waals surface area (Å²) in [6.07, 6.45) is -3.33. The third kappa shape index (κ3) is 2.89. The van der Waals surface area contributed by atoms with Crippen LogP contribution in [0.5, 0.6) is 0 Å². The minimum absolute atomic E-state index is 0.0766. The van der Waals surface area contributed by atoms with Gasteiger partial charge in [0.15, 0.2) is 5.69 Å². The van der Waals surface area contributed by atoms with Gasteiger partial charge in [0.1, 0.15) is 5.56 Å². The van der Waals surface area contributed by atoms with Crippen LogP contribution >= 0.6 is 0 Å². The van der Waals surface area contributed by atoms with Crippen molar-refractivity contribution < 1.29 is 22.4 Å². The molecule has 8 heteroatoms. The summed E-state index contributed by atoms with van der Waals surface area (Å²) in [6.45, 7) is 4.12. The Morgan fingerprint density at radius 3 is 2.64 bits per heavy atom. The summed E-state index contributed by atoms with van der Waals surface area (Å²) in [5.74, 6) is -2.60. The van der Waals surface area contributed by atoms with Crippen molar-refractivity contribution in [1.82, 2.24) is 9.78 Å². The lowest BCUT2D eigenvalue weighted by molar-refractivity contribution is -0.144. The summed E-state index contributed by atoms with van der Waals surface area (Å²) in [6, 6.07) is 5.27. The molecule has 0 aliphatic heterocycles. The maximum absolute atomic E-state index is 13.9. The van der Waals surface area contributed by atoms with E-state index in [1.54, 1.807) is 12.1 Å². The number of benzene rings is 1. The predicted molar refractivity (Wildman–Crippen MR) is 83.9 cm³/mol. The van der Waals surface area contributed by atoms with E-state index in [1.165, 1.54) is 0 Å². The highest BCUT2D eigenvalue weighted by atomic mass is 19.4. The van der Waals surface area contributed by atoms with Crippen LogP contribution < -0.4 is 5.32 Å². The van der Waals surface area contributed by atoms with E-state index in [0.29, 0.717) is 16.8 Å². The van der Waals surface area contributed by atoms with Gasteiger partial charge in [-0.1, -0.05) is 26.0 Å². The number of rotatable bonds is 2. The molecule has 1 amide bonds. The molecule has 0 unspecified atom stereocenters. The van der Waals surface area contributed by atoms with Crippen LogP contribution in [-0.2, 0) is 25.1 Å². The van der Waals surface area contributed by atoms with E-state index in [-0.39, 0.29) is 5.41 Å². The number of carbonyl (C=O) groups is 1. The molecule has 4 nitrogen and oxygen atoms in total. The molecule has 3 rings (SSSR count). The van der Waals surface area contributed by atoms with E-state index in [4.69, 9.17) is 0 Å². The largest absolute Gasteiger partial charge is 0.433 e. The van der Waals surface area contributed by atoms with E-state index < -0.39 is 29.3 Å². The number of anilines is 1. The monoisotopic (exact) mass is 355 g/mol. The minimum atomic E-state index is -4.89. The molecule has 134 valence electrons. The average molecular weight is 355 g/mol. The van der Waals surface area contributed by atoms with Gasteiger partial charge in [-0.25, -0.2) is 0 Å². The van der Waals surface area contributed by atoms with Crippen LogP contribution in [0.4, 0.5) is 23.2 Å². The van der Waals surface area contributed by atoms with Gasteiger partial charge in [-0.3, -0.25) is 9.48 Å². The number of amides is 1. The van der Waals surface area contributed by atoms with Crippen molar-refractivity contribution in [1.29, 1.82) is 0 Å². The van der Waals surface area contributed by atoms with Crippen molar-refractivity contribution in [2.45, 2.75) is 38.3 Å². The fraction of sp³-hybridized carbons (Fsp3) is 0.412. The van der Waals surface area contributed by atoms with E-state index in [0.717, 1.165) is 24.6 Å². The molecule has 0 atom stereocenters. The number of hydrogen-bond donors (Lipinski definition) is 1. The number of alkyl halides is 3. The molecule has 0 fully saturated rings. The number of carbonyl (C=O) groups excluding carboxylic acids is 1. The van der Waals surface area contributed by atoms with Crippen LogP contribution in [0.25, 0.3) is 0 Å². The Bertz CT molecular complexity index is 852. The van der Waals surface area contributed by atoms with Crippen LogP contribution in [-0.4, -0.2) is 15.7 Å². The number of halogens is 4. The Morgan fingerprint density at radius 1 is 1.32 bits per heavy atom. The Hall–Kier alpha value is -2.38. The van der Waals surface area contributed by atoms with Crippen molar-refractivity contribution in [2.24, 2.45) is 7.05 Å². The highest BCUT2D eigenvalue weighted by Gasteiger charge is 2.42. The smallest absolute Gasteiger partial charge is 0.322 e. The summed E-state index contributed by atoms with van der Waals surface area (Å²) in [7, 11) is 0.950. The summed E-state index contributed by atoms with van der Waals surface area (Å²) in [5.41, 5.74) is -0.260. The van der Waals surface area contributed by atoms with Crippen molar-refractivity contribution >= 4 is 11.6 Å². The van der Waals surface area contributed by atoms with Crippen molar-refractivity contribution in [2.75, 3.05) is 5.32 Å². The summed E-state index contributed by atoms with van der Waals surface area (Å²) in [5, 5.41) is 5.54. The summed E-state index contributed by atoms with van der Waals surface area (Å²) < 4.78 is 53.6. The Labute approximate surface area is 141 Å². The SMILES string of the molecule is Cn1nc(F)c(C(=O)Nc2cccc3c2CCC3(C)C)c1C(F)(F)F. The lowest BCUT2D eigenvalue weighted by Crippen LogP contribution is -2.21. The molecule has 1 aliphatic carbocycles. The maximum Gasteiger partial charge on any atom is 0.433 e. The van der Waals surface area contributed by atoms with Crippen LogP contribution in [0.3, 0.4) is 0 Å². The van der Waals surface area contributed by atoms with Gasteiger partial charge in [-0.15, -0.1) is 5.10 Å². The number of fused-ring (bicyclic) bond motifs is 1. The third-order valence-corrected chi connectivity index (χ3v) is 4.65. The molecular formula is C17H17F4N3O. The fourth-order valence-electron chi connectivity index (χ4n) is 3.38. The topological polar surface area (TPSA) is 46.9 Å². The van der Waals surface area contributed by atoms with Gasteiger partial charge in [0, 0.05) is 12.7 Å². The molecule has 0 radical (unpaired) electrons. The van der Waals surface area contributed by atoms with Crippen LogP contribution in [0, 0.1) is 5.95 Å². The van der Waals surface area contributed by atoms with Crippen LogP contribution in [0.2, 0.25) is 0 Å². The zero-order valence-corrected chi connectivity index (χ0v) is 14.0. The highest BCUT2D eigenvalue weighted by Crippen LogP contribution is 2.41. The predicted octanol–water partition coefficient (Wildman–Crippen LogP) is 4.05. The number of hydrogen-bond acceptors (Lipinski definition) is 2. The van der Waals surface area contributed by atoms with Gasteiger partial charge in [-0.05, 0) is 35.4 Å². The zero-order valence-electron chi connectivity index (χ0n) is 14.0. The van der Waals surface area contributed by atoms with E-state index in [9.17, 15) is 22.4 Å². The second-order valence-corrected chi connectivity index (χ2v) is 6.81. The van der Waals surface area contributed by atoms with Gasteiger partial charge >= 0.3 is 6.18 Å². The van der Waals surface area contributed by atoms with Crippen molar-refractivity contribution in [3.8, 4) is 0 Å². The number of nitrogens with zero attached hydrogens (tertiary/aromatic N) is 2. The lowest BCUT2D eigenvalue weighted by Gasteiger charge is -2.19. The first-order valence-electron chi connectivity index (χ1n) is 7.76. The second kappa shape index (κ2) is 5.57. The molecular weight excluding hydrogens is 338 g/mol. The first-order valence-corrected chi connectivity index (χ1v) is 7.76. The van der Waals surface area contributed by atoms with E-state index in [1.807, 2.05) is 6.07 Å².